The van der Waals surface area contributed by atoms with E-state index in [2.05, 4.69) is 5.32 Å². The number of benzene rings is 1. The number of aliphatic hydroxyl groups excluding tert-OH is 1. The number of carbonyl (C=O) groups excluding carboxylic acids is 1. The first kappa shape index (κ1) is 14.3. The van der Waals surface area contributed by atoms with Crippen molar-refractivity contribution in [1.29, 1.82) is 0 Å². The highest BCUT2D eigenvalue weighted by atomic mass is 16.4. The second kappa shape index (κ2) is 5.50. The Morgan fingerprint density at radius 3 is 2.60 bits per heavy atom. The molecule has 0 aliphatic carbocycles. The number of β-amino-alcohol motifs (C(OH)–C–C–N with tert-alkyl or cyclic N) is 1. The third kappa shape index (κ3) is 2.91. The predicted octanol–water partition coefficient (Wildman–Crippen LogP) is 1.36. The standard InChI is InChI=1S/C14H18N2O4/c1-8-3-4-10(5-9(8)2)15-14(20)16-7-11(17)6-12(16)13(18)19/h3-5,11-12,17H,6-7H2,1-2H3,(H,15,20)(H,18,19)/t11-,12-/m1/s1. The fraction of sp³-hybridized carbons (Fsp3) is 0.429. The lowest BCUT2D eigenvalue weighted by molar-refractivity contribution is -0.141. The van der Waals surface area contributed by atoms with Crippen molar-refractivity contribution in [3.8, 4) is 0 Å². The highest BCUT2D eigenvalue weighted by Crippen LogP contribution is 2.20. The number of carbonyl (C=O) groups is 2. The number of aryl methyl sites for hydroxylation is 2. The monoisotopic (exact) mass is 278 g/mol. The maximum absolute atomic E-state index is 12.1. The van der Waals surface area contributed by atoms with Gasteiger partial charge in [-0.05, 0) is 37.1 Å². The Labute approximate surface area is 117 Å². The molecule has 0 spiro atoms. The molecule has 0 unspecified atom stereocenters. The number of amides is 2. The van der Waals surface area contributed by atoms with Crippen molar-refractivity contribution in [2.45, 2.75) is 32.4 Å². The topological polar surface area (TPSA) is 89.9 Å². The Hall–Kier alpha value is -2.08. The van der Waals surface area contributed by atoms with Crippen LogP contribution in [0, 0.1) is 13.8 Å². The molecule has 1 aromatic rings. The number of urea groups is 1. The normalized spacial score (nSPS) is 21.9. The number of nitrogens with zero attached hydrogens (tertiary/aromatic N) is 1. The number of rotatable bonds is 2. The Bertz CT molecular complexity index is 544. The minimum Gasteiger partial charge on any atom is -0.480 e. The third-order valence-corrected chi connectivity index (χ3v) is 3.58. The zero-order valence-electron chi connectivity index (χ0n) is 11.5. The van der Waals surface area contributed by atoms with E-state index in [1.54, 1.807) is 6.07 Å². The van der Waals surface area contributed by atoms with Gasteiger partial charge in [0.15, 0.2) is 0 Å². The van der Waals surface area contributed by atoms with Crippen LogP contribution in [0.1, 0.15) is 17.5 Å². The summed E-state index contributed by atoms with van der Waals surface area (Å²) in [4.78, 5) is 24.3. The van der Waals surface area contributed by atoms with E-state index < -0.39 is 24.1 Å². The summed E-state index contributed by atoms with van der Waals surface area (Å²) in [6, 6.07) is 4.00. The van der Waals surface area contributed by atoms with Crippen LogP contribution in [0.2, 0.25) is 0 Å². The van der Waals surface area contributed by atoms with Crippen LogP contribution in [-0.4, -0.2) is 45.8 Å². The molecule has 1 aromatic carbocycles. The molecule has 3 N–H and O–H groups in total. The summed E-state index contributed by atoms with van der Waals surface area (Å²) in [6.07, 6.45) is -0.725. The van der Waals surface area contributed by atoms with Crippen LogP contribution in [0.4, 0.5) is 10.5 Å². The van der Waals surface area contributed by atoms with Gasteiger partial charge in [0.1, 0.15) is 6.04 Å². The van der Waals surface area contributed by atoms with E-state index >= 15 is 0 Å². The van der Waals surface area contributed by atoms with E-state index in [1.165, 1.54) is 0 Å². The zero-order valence-corrected chi connectivity index (χ0v) is 11.5. The van der Waals surface area contributed by atoms with Gasteiger partial charge in [0.2, 0.25) is 0 Å². The highest BCUT2D eigenvalue weighted by molar-refractivity contribution is 5.92. The molecule has 1 aliphatic rings. The lowest BCUT2D eigenvalue weighted by atomic mass is 10.1. The number of anilines is 1. The fourth-order valence-electron chi connectivity index (χ4n) is 2.29. The minimum absolute atomic E-state index is 0.0354. The largest absolute Gasteiger partial charge is 0.480 e. The van der Waals surface area contributed by atoms with Gasteiger partial charge in [-0.3, -0.25) is 0 Å². The number of carboxylic acids is 1. The van der Waals surface area contributed by atoms with E-state index in [0.29, 0.717) is 5.69 Å². The molecule has 1 heterocycles. The molecule has 0 aromatic heterocycles. The molecule has 0 bridgehead atoms. The van der Waals surface area contributed by atoms with Gasteiger partial charge in [-0.2, -0.15) is 0 Å². The summed E-state index contributed by atoms with van der Waals surface area (Å²) in [7, 11) is 0. The third-order valence-electron chi connectivity index (χ3n) is 3.58. The molecule has 0 saturated carbocycles. The van der Waals surface area contributed by atoms with E-state index in [4.69, 9.17) is 5.11 Å². The molecule has 1 saturated heterocycles. The van der Waals surface area contributed by atoms with Crippen molar-refractivity contribution in [1.82, 2.24) is 4.90 Å². The van der Waals surface area contributed by atoms with Crippen molar-refractivity contribution in [2.75, 3.05) is 11.9 Å². The van der Waals surface area contributed by atoms with Gasteiger partial charge in [0, 0.05) is 18.7 Å². The molecule has 6 nitrogen and oxygen atoms in total. The van der Waals surface area contributed by atoms with E-state index in [1.807, 2.05) is 26.0 Å². The average Bonchev–Trinajstić information content (AvgIpc) is 2.76. The summed E-state index contributed by atoms with van der Waals surface area (Å²) in [6.45, 7) is 3.94. The summed E-state index contributed by atoms with van der Waals surface area (Å²) in [5, 5.41) is 21.3. The number of hydrogen-bond donors (Lipinski definition) is 3. The van der Waals surface area contributed by atoms with Gasteiger partial charge in [-0.1, -0.05) is 6.07 Å². The maximum Gasteiger partial charge on any atom is 0.326 e. The first-order valence-electron chi connectivity index (χ1n) is 6.44. The SMILES string of the molecule is Cc1ccc(NC(=O)N2C[C@H](O)C[C@@H]2C(=O)O)cc1C. The Balaban J connectivity index is 2.11. The Kier molecular flexibility index (Phi) is 3.94. The maximum atomic E-state index is 12.1. The number of aliphatic carboxylic acids is 1. The molecule has 2 amide bonds. The number of nitrogens with one attached hydrogen (secondary N) is 1. The van der Waals surface area contributed by atoms with Gasteiger partial charge in [-0.25, -0.2) is 9.59 Å². The van der Waals surface area contributed by atoms with Crippen LogP contribution in [-0.2, 0) is 4.79 Å². The predicted molar refractivity (Wildman–Crippen MR) is 73.7 cm³/mol. The van der Waals surface area contributed by atoms with Crippen LogP contribution in [0.5, 0.6) is 0 Å². The van der Waals surface area contributed by atoms with Crippen LogP contribution in [0.3, 0.4) is 0 Å². The molecule has 2 rings (SSSR count). The quantitative estimate of drug-likeness (QED) is 0.762. The summed E-state index contributed by atoms with van der Waals surface area (Å²) in [5.74, 6) is -1.10. The fourth-order valence-corrected chi connectivity index (χ4v) is 2.29. The molecule has 2 atom stereocenters. The van der Waals surface area contributed by atoms with Crippen LogP contribution in [0.25, 0.3) is 0 Å². The molecule has 108 valence electrons. The van der Waals surface area contributed by atoms with Crippen LogP contribution < -0.4 is 5.32 Å². The molecule has 0 radical (unpaired) electrons. The van der Waals surface area contributed by atoms with E-state index in [0.717, 1.165) is 16.0 Å². The summed E-state index contributed by atoms with van der Waals surface area (Å²) >= 11 is 0. The van der Waals surface area contributed by atoms with Gasteiger partial charge in [0.05, 0.1) is 6.10 Å². The summed E-state index contributed by atoms with van der Waals surface area (Å²) < 4.78 is 0. The lowest BCUT2D eigenvalue weighted by Crippen LogP contribution is -2.43. The number of carboxylic acid groups (broad SMARTS) is 1. The van der Waals surface area contributed by atoms with E-state index in [-0.39, 0.29) is 13.0 Å². The number of aliphatic hydroxyl groups is 1. The molecular formula is C14H18N2O4. The van der Waals surface area contributed by atoms with Gasteiger partial charge < -0.3 is 20.4 Å². The van der Waals surface area contributed by atoms with Gasteiger partial charge in [-0.15, -0.1) is 0 Å². The zero-order chi connectivity index (χ0) is 14.9. The molecular weight excluding hydrogens is 260 g/mol. The first-order valence-corrected chi connectivity index (χ1v) is 6.44. The second-order valence-corrected chi connectivity index (χ2v) is 5.13. The van der Waals surface area contributed by atoms with Crippen molar-refractivity contribution in [3.05, 3.63) is 29.3 Å². The van der Waals surface area contributed by atoms with Crippen LogP contribution >= 0.6 is 0 Å². The molecule has 6 heteroatoms. The van der Waals surface area contributed by atoms with E-state index in [9.17, 15) is 14.7 Å². The highest BCUT2D eigenvalue weighted by Gasteiger charge is 2.38. The molecule has 20 heavy (non-hydrogen) atoms. The van der Waals surface area contributed by atoms with Crippen molar-refractivity contribution < 1.29 is 19.8 Å². The molecule has 1 aliphatic heterocycles. The smallest absolute Gasteiger partial charge is 0.326 e. The Morgan fingerprint density at radius 1 is 1.30 bits per heavy atom. The molecule has 1 fully saturated rings. The van der Waals surface area contributed by atoms with Crippen molar-refractivity contribution >= 4 is 17.7 Å². The Morgan fingerprint density at radius 2 is 2.00 bits per heavy atom. The van der Waals surface area contributed by atoms with Crippen LogP contribution in [0.15, 0.2) is 18.2 Å². The first-order chi connectivity index (χ1) is 9.38. The van der Waals surface area contributed by atoms with Crippen molar-refractivity contribution in [3.63, 3.8) is 0 Å². The van der Waals surface area contributed by atoms with Gasteiger partial charge in [0.25, 0.3) is 0 Å². The average molecular weight is 278 g/mol. The van der Waals surface area contributed by atoms with Crippen molar-refractivity contribution in [2.24, 2.45) is 0 Å². The lowest BCUT2D eigenvalue weighted by Gasteiger charge is -2.21. The number of hydrogen-bond acceptors (Lipinski definition) is 3. The minimum atomic E-state index is -1.10. The second-order valence-electron chi connectivity index (χ2n) is 5.13. The number of likely N-dealkylation sites (tertiary alicyclic amines) is 1. The van der Waals surface area contributed by atoms with Gasteiger partial charge >= 0.3 is 12.0 Å². The summed E-state index contributed by atoms with van der Waals surface area (Å²) in [5.41, 5.74) is 2.77.